The first-order valence-electron chi connectivity index (χ1n) is 12.7. The zero-order valence-electron chi connectivity index (χ0n) is 18.6. The van der Waals surface area contributed by atoms with Gasteiger partial charge in [-0.3, -0.25) is 0 Å². The molecule has 6 rings (SSSR count). The third kappa shape index (κ3) is 3.79. The van der Waals surface area contributed by atoms with Gasteiger partial charge in [0, 0.05) is 5.02 Å². The van der Waals surface area contributed by atoms with Crippen molar-refractivity contribution >= 4 is 11.6 Å². The van der Waals surface area contributed by atoms with Gasteiger partial charge in [-0.1, -0.05) is 49.1 Å². The summed E-state index contributed by atoms with van der Waals surface area (Å²) in [5.41, 5.74) is 9.25. The zero-order valence-corrected chi connectivity index (χ0v) is 19.4. The summed E-state index contributed by atoms with van der Waals surface area (Å²) in [6, 6.07) is 7.10. The van der Waals surface area contributed by atoms with Crippen LogP contribution in [0.3, 0.4) is 0 Å². The number of allylic oxidation sites excluding steroid dienone is 1. The van der Waals surface area contributed by atoms with E-state index in [1.54, 1.807) is 0 Å². The third-order valence-electron chi connectivity index (χ3n) is 9.67. The van der Waals surface area contributed by atoms with Crippen LogP contribution in [-0.4, -0.2) is 6.54 Å². The molecule has 1 unspecified atom stereocenters. The summed E-state index contributed by atoms with van der Waals surface area (Å²) in [5.74, 6) is 5.04. The molecule has 4 bridgehead atoms. The van der Waals surface area contributed by atoms with Gasteiger partial charge in [-0.15, -0.1) is 6.58 Å². The van der Waals surface area contributed by atoms with Crippen LogP contribution in [0, 0.1) is 35.0 Å². The van der Waals surface area contributed by atoms with Gasteiger partial charge in [-0.25, -0.2) is 0 Å². The van der Waals surface area contributed by atoms with E-state index in [0.29, 0.717) is 11.3 Å². The molecule has 1 aromatic carbocycles. The van der Waals surface area contributed by atoms with Crippen LogP contribution in [-0.2, 0) is 6.42 Å². The molecule has 0 aromatic heterocycles. The second-order valence-electron chi connectivity index (χ2n) is 11.3. The molecule has 1 atom stereocenters. The molecule has 5 fully saturated rings. The molecule has 5 aliphatic carbocycles. The van der Waals surface area contributed by atoms with E-state index < -0.39 is 0 Å². The highest BCUT2D eigenvalue weighted by Gasteiger charge is 2.49. The normalized spacial score (nSPS) is 35.3. The van der Waals surface area contributed by atoms with Crippen molar-refractivity contribution in [1.29, 1.82) is 0 Å². The van der Waals surface area contributed by atoms with Crippen LogP contribution in [0.15, 0.2) is 30.9 Å². The molecule has 2 heteroatoms. The summed E-state index contributed by atoms with van der Waals surface area (Å²) in [5, 5.41) is 1.03. The maximum atomic E-state index is 6.98. The first-order chi connectivity index (χ1) is 14.6. The van der Waals surface area contributed by atoms with E-state index in [2.05, 4.69) is 30.9 Å². The van der Waals surface area contributed by atoms with Crippen molar-refractivity contribution in [2.24, 2.45) is 40.7 Å². The lowest BCUT2D eigenvalue weighted by Crippen LogP contribution is -2.43. The Labute approximate surface area is 188 Å². The van der Waals surface area contributed by atoms with E-state index in [9.17, 15) is 0 Å². The maximum Gasteiger partial charge on any atom is 0.0443 e. The number of hydrogen-bond acceptors (Lipinski definition) is 1. The van der Waals surface area contributed by atoms with Crippen molar-refractivity contribution in [3.05, 3.63) is 47.0 Å². The summed E-state index contributed by atoms with van der Waals surface area (Å²) >= 11 is 6.98. The van der Waals surface area contributed by atoms with Crippen molar-refractivity contribution < 1.29 is 0 Å². The third-order valence-corrected chi connectivity index (χ3v) is 10.00. The lowest BCUT2D eigenvalue weighted by Gasteiger charge is -2.54. The standard InChI is InChI=1S/C28H40ClN/c1-2-24(28(10-11-30)8-4-3-5-9-28)17-19-6-7-25(26(29)18-19)27-22-13-20-12-21(15-22)16-23(27)14-20/h2,6-7,18,20-24,27H,1,3-5,8-17,30H2. The van der Waals surface area contributed by atoms with E-state index in [4.69, 9.17) is 17.3 Å². The highest BCUT2D eigenvalue weighted by atomic mass is 35.5. The minimum atomic E-state index is 0.349. The molecule has 2 N–H and O–H groups in total. The second-order valence-corrected chi connectivity index (χ2v) is 11.7. The monoisotopic (exact) mass is 425 g/mol. The lowest BCUT2D eigenvalue weighted by molar-refractivity contribution is -0.00275. The Hall–Kier alpha value is -0.790. The summed E-state index contributed by atoms with van der Waals surface area (Å²) in [6.07, 6.45) is 18.4. The van der Waals surface area contributed by atoms with Gasteiger partial charge in [0.15, 0.2) is 0 Å². The smallest absolute Gasteiger partial charge is 0.0443 e. The van der Waals surface area contributed by atoms with E-state index in [1.165, 1.54) is 75.3 Å². The molecule has 0 aliphatic heterocycles. The van der Waals surface area contributed by atoms with E-state index >= 15 is 0 Å². The molecule has 0 saturated heterocycles. The van der Waals surface area contributed by atoms with Gasteiger partial charge >= 0.3 is 0 Å². The highest BCUT2D eigenvalue weighted by molar-refractivity contribution is 6.31. The number of nitrogens with two attached hydrogens (primary N) is 1. The summed E-state index contributed by atoms with van der Waals surface area (Å²) < 4.78 is 0. The molecule has 0 amide bonds. The largest absolute Gasteiger partial charge is 0.330 e. The van der Waals surface area contributed by atoms with Gasteiger partial charge < -0.3 is 5.73 Å². The Morgan fingerprint density at radius 3 is 2.27 bits per heavy atom. The fraction of sp³-hybridized carbons (Fsp3) is 0.714. The van der Waals surface area contributed by atoms with Gasteiger partial charge in [0.2, 0.25) is 0 Å². The van der Waals surface area contributed by atoms with Crippen LogP contribution < -0.4 is 5.73 Å². The Balaban J connectivity index is 1.35. The molecule has 0 spiro atoms. The molecule has 1 aromatic rings. The second kappa shape index (κ2) is 8.62. The van der Waals surface area contributed by atoms with Gasteiger partial charge in [0.05, 0.1) is 0 Å². The van der Waals surface area contributed by atoms with Gasteiger partial charge in [0.25, 0.3) is 0 Å². The maximum absolute atomic E-state index is 6.98. The average molecular weight is 426 g/mol. The van der Waals surface area contributed by atoms with Crippen molar-refractivity contribution in [2.75, 3.05) is 6.54 Å². The van der Waals surface area contributed by atoms with Crippen molar-refractivity contribution in [2.45, 2.75) is 83.0 Å². The number of benzene rings is 1. The molecule has 30 heavy (non-hydrogen) atoms. The Morgan fingerprint density at radius 2 is 1.70 bits per heavy atom. The predicted octanol–water partition coefficient (Wildman–Crippen LogP) is 7.52. The van der Waals surface area contributed by atoms with Crippen LogP contribution in [0.2, 0.25) is 5.02 Å². The van der Waals surface area contributed by atoms with Gasteiger partial charge in [0.1, 0.15) is 0 Å². The fourth-order valence-electron chi connectivity index (χ4n) is 8.55. The molecule has 0 radical (unpaired) electrons. The topological polar surface area (TPSA) is 26.0 Å². The van der Waals surface area contributed by atoms with Crippen LogP contribution >= 0.6 is 11.6 Å². The molecule has 0 heterocycles. The minimum Gasteiger partial charge on any atom is -0.330 e. The Kier molecular flexibility index (Phi) is 6.06. The van der Waals surface area contributed by atoms with E-state index in [-0.39, 0.29) is 0 Å². The van der Waals surface area contributed by atoms with Crippen molar-refractivity contribution in [3.63, 3.8) is 0 Å². The lowest BCUT2D eigenvalue weighted by atomic mass is 9.51. The number of rotatable bonds is 7. The quantitative estimate of drug-likeness (QED) is 0.449. The number of halogens is 1. The van der Waals surface area contributed by atoms with Gasteiger partial charge in [-0.2, -0.15) is 0 Å². The van der Waals surface area contributed by atoms with Crippen LogP contribution in [0.5, 0.6) is 0 Å². The highest BCUT2D eigenvalue weighted by Crippen LogP contribution is 2.60. The average Bonchev–Trinajstić information content (AvgIpc) is 2.73. The van der Waals surface area contributed by atoms with E-state index in [1.807, 2.05) is 0 Å². The molecule has 5 saturated carbocycles. The predicted molar refractivity (Wildman–Crippen MR) is 128 cm³/mol. The van der Waals surface area contributed by atoms with Crippen LogP contribution in [0.4, 0.5) is 0 Å². The molecule has 5 aliphatic rings. The summed E-state index contributed by atoms with van der Waals surface area (Å²) in [4.78, 5) is 0. The zero-order chi connectivity index (χ0) is 20.7. The van der Waals surface area contributed by atoms with Crippen LogP contribution in [0.1, 0.15) is 87.7 Å². The molecular weight excluding hydrogens is 386 g/mol. The van der Waals surface area contributed by atoms with Crippen LogP contribution in [0.25, 0.3) is 0 Å². The molecule has 1 nitrogen and oxygen atoms in total. The van der Waals surface area contributed by atoms with Crippen molar-refractivity contribution in [1.82, 2.24) is 0 Å². The summed E-state index contributed by atoms with van der Waals surface area (Å²) in [6.45, 7) is 5.04. The SMILES string of the molecule is C=CC(Cc1ccc(C2C3CC4CC(C3)CC2C4)c(Cl)c1)C1(CCN)CCCCC1. The van der Waals surface area contributed by atoms with Crippen molar-refractivity contribution in [3.8, 4) is 0 Å². The molecular formula is C28H40ClN. The Bertz CT molecular complexity index is 728. The van der Waals surface area contributed by atoms with Gasteiger partial charge in [-0.05, 0) is 122 Å². The minimum absolute atomic E-state index is 0.349. The molecule has 164 valence electrons. The Morgan fingerprint density at radius 1 is 1.03 bits per heavy atom. The van der Waals surface area contributed by atoms with E-state index in [0.717, 1.165) is 54.0 Å². The summed E-state index contributed by atoms with van der Waals surface area (Å²) in [7, 11) is 0. The first-order valence-corrected chi connectivity index (χ1v) is 13.1. The fourth-order valence-corrected chi connectivity index (χ4v) is 8.88. The number of hydrogen-bond donors (Lipinski definition) is 1. The first kappa shape index (κ1) is 21.1.